The highest BCUT2D eigenvalue weighted by atomic mass is 32.2. The maximum atomic E-state index is 15.3. The lowest BCUT2D eigenvalue weighted by Gasteiger charge is -2.34. The molecule has 2 aliphatic rings. The number of hydrogen-bond acceptors (Lipinski definition) is 18. The number of carbonyl (C=O) groups excluding carboxylic acids is 9. The van der Waals surface area contributed by atoms with Gasteiger partial charge in [-0.3, -0.25) is 47.9 Å². The van der Waals surface area contributed by atoms with Gasteiger partial charge < -0.3 is 66.9 Å². The van der Waals surface area contributed by atoms with Crippen LogP contribution in [0.4, 0.5) is 9.28 Å². The van der Waals surface area contributed by atoms with Crippen LogP contribution >= 0.6 is 23.5 Å². The number of halogens is 1. The lowest BCUT2D eigenvalue weighted by Crippen LogP contribution is -2.61. The van der Waals surface area contributed by atoms with Crippen LogP contribution in [0.5, 0.6) is 5.75 Å². The highest BCUT2D eigenvalue weighted by Crippen LogP contribution is 2.27. The number of ether oxygens (including phenoxy) is 2. The van der Waals surface area contributed by atoms with E-state index in [2.05, 4.69) is 26.6 Å². The number of nitrogens with one attached hydrogen (secondary N) is 6. The number of aliphatic carboxylic acids is 3. The van der Waals surface area contributed by atoms with E-state index in [1.165, 1.54) is 37.5 Å². The Morgan fingerprint density at radius 3 is 1.85 bits per heavy atom. The Kier molecular flexibility index (Phi) is 29.3. The van der Waals surface area contributed by atoms with E-state index in [0.717, 1.165) is 23.5 Å². The Bertz CT molecular complexity index is 2520. The molecule has 0 spiro atoms. The van der Waals surface area contributed by atoms with Gasteiger partial charge in [0.1, 0.15) is 65.3 Å². The summed E-state index contributed by atoms with van der Waals surface area (Å²) in [5.74, 6) is -12.4. The molecule has 476 valence electrons. The van der Waals surface area contributed by atoms with Crippen molar-refractivity contribution in [2.45, 2.75) is 180 Å². The molecule has 30 heteroatoms. The van der Waals surface area contributed by atoms with Gasteiger partial charge in [-0.2, -0.15) is 0 Å². The second-order valence-corrected chi connectivity index (χ2v) is 25.1. The Morgan fingerprint density at radius 2 is 1.31 bits per heavy atom. The zero-order chi connectivity index (χ0) is 63.9. The zero-order valence-electron chi connectivity index (χ0n) is 49.7. The second kappa shape index (κ2) is 34.4. The van der Waals surface area contributed by atoms with Crippen LogP contribution in [0.1, 0.15) is 119 Å². The average molecular weight is 1240 g/mol. The number of rotatable bonds is 33. The monoisotopic (exact) mass is 1240 g/mol. The molecule has 1 aromatic carbocycles. The van der Waals surface area contributed by atoms with Crippen molar-refractivity contribution in [1.29, 1.82) is 0 Å². The zero-order valence-corrected chi connectivity index (χ0v) is 51.3. The summed E-state index contributed by atoms with van der Waals surface area (Å²) in [5, 5.41) is 40.3. The minimum atomic E-state index is -1.76. The molecule has 0 unspecified atom stereocenters. The predicted octanol–water partition coefficient (Wildman–Crippen LogP) is 1.33. The van der Waals surface area contributed by atoms with Crippen molar-refractivity contribution in [3.63, 3.8) is 0 Å². The van der Waals surface area contributed by atoms with Gasteiger partial charge in [0, 0.05) is 31.0 Å². The molecule has 0 aliphatic carbocycles. The minimum absolute atomic E-state index is 0.0487. The summed E-state index contributed by atoms with van der Waals surface area (Å²) in [7, 11) is 0. The maximum absolute atomic E-state index is 15.3. The first-order valence-corrected chi connectivity index (χ1v) is 30.4. The number of carboxylic acids is 3. The van der Waals surface area contributed by atoms with E-state index in [1.807, 2.05) is 34.6 Å². The van der Waals surface area contributed by atoms with Gasteiger partial charge in [-0.25, -0.2) is 14.5 Å². The van der Waals surface area contributed by atoms with Gasteiger partial charge >= 0.3 is 24.0 Å². The lowest BCUT2D eigenvalue weighted by molar-refractivity contribution is -0.148. The van der Waals surface area contributed by atoms with Crippen molar-refractivity contribution in [3.8, 4) is 5.75 Å². The summed E-state index contributed by atoms with van der Waals surface area (Å²) in [6.07, 6.45) is -0.147. The van der Waals surface area contributed by atoms with Crippen LogP contribution < -0.4 is 42.6 Å². The molecule has 2 saturated heterocycles. The van der Waals surface area contributed by atoms with Gasteiger partial charge in [0.05, 0.1) is 18.1 Å². The molecule has 1 aromatic rings. The molecule has 0 aromatic heterocycles. The van der Waals surface area contributed by atoms with Crippen LogP contribution in [0.3, 0.4) is 0 Å². The van der Waals surface area contributed by atoms with E-state index in [9.17, 15) is 67.4 Å². The van der Waals surface area contributed by atoms with E-state index in [-0.39, 0.29) is 82.0 Å². The number of carbonyl (C=O) groups is 12. The van der Waals surface area contributed by atoms with Crippen LogP contribution in [0.2, 0.25) is 0 Å². The molecule has 3 rings (SSSR count). The number of thioether (sulfide) groups is 2. The summed E-state index contributed by atoms with van der Waals surface area (Å²) >= 11 is 1.49. The Balaban J connectivity index is 2.01. The van der Waals surface area contributed by atoms with Gasteiger partial charge in [-0.1, -0.05) is 26.0 Å². The van der Waals surface area contributed by atoms with E-state index < -0.39 is 149 Å². The number of benzene rings is 1. The Morgan fingerprint density at radius 1 is 0.718 bits per heavy atom. The molecule has 8 atom stereocenters. The average Bonchev–Trinajstić information content (AvgIpc) is 2.49. The number of unbranched alkanes of at least 4 members (excludes halogenated alkanes) is 1. The van der Waals surface area contributed by atoms with Crippen LogP contribution in [0, 0.1) is 5.92 Å². The summed E-state index contributed by atoms with van der Waals surface area (Å²) in [6, 6.07) is -5.05. The number of amides is 9. The van der Waals surface area contributed by atoms with E-state index in [4.69, 9.17) is 20.3 Å². The third-order valence-corrected chi connectivity index (χ3v) is 15.1. The van der Waals surface area contributed by atoms with Crippen LogP contribution in [0.15, 0.2) is 24.3 Å². The molecule has 0 saturated carbocycles. The first-order chi connectivity index (χ1) is 39.8. The van der Waals surface area contributed by atoms with E-state index in [1.54, 1.807) is 29.8 Å². The normalized spacial score (nSPS) is 17.3. The van der Waals surface area contributed by atoms with Crippen molar-refractivity contribution in [2.75, 3.05) is 49.2 Å². The van der Waals surface area contributed by atoms with Gasteiger partial charge in [-0.15, -0.1) is 33.5 Å². The number of nitrogens with two attached hydrogens (primary N) is 1. The van der Waals surface area contributed by atoms with E-state index in [0.29, 0.717) is 29.1 Å². The van der Waals surface area contributed by atoms with Crippen LogP contribution in [0.25, 0.3) is 0 Å². The fourth-order valence-corrected chi connectivity index (χ4v) is 10.7. The van der Waals surface area contributed by atoms with Crippen molar-refractivity contribution >= 4 is 94.8 Å². The number of hydrogen-bond donors (Lipinski definition) is 10. The van der Waals surface area contributed by atoms with Crippen molar-refractivity contribution in [1.82, 2.24) is 46.8 Å². The molecule has 2 fully saturated rings. The molecule has 0 bridgehead atoms. The lowest BCUT2D eigenvalue weighted by atomic mass is 10.0. The van der Waals surface area contributed by atoms with Crippen LogP contribution in [-0.4, -0.2) is 210 Å². The summed E-state index contributed by atoms with van der Waals surface area (Å²) < 4.78 is 25.5. The molecule has 85 heavy (non-hydrogen) atoms. The van der Waals surface area contributed by atoms with Crippen molar-refractivity contribution < 1.29 is 86.8 Å². The number of likely N-dealkylation sites (tertiary alicyclic amines) is 2. The smallest absolute Gasteiger partial charge is 0.417 e. The molecule has 2 heterocycles. The highest BCUT2D eigenvalue weighted by molar-refractivity contribution is 8.00. The third kappa shape index (κ3) is 24.6. The minimum Gasteiger partial charge on any atom is -0.488 e. The maximum Gasteiger partial charge on any atom is 0.417 e. The molecule has 2 aliphatic heterocycles. The van der Waals surface area contributed by atoms with Gasteiger partial charge in [0.2, 0.25) is 41.4 Å². The first kappa shape index (κ1) is 72.5. The number of nitrogens with zero attached hydrogens (tertiary/aromatic N) is 3. The predicted molar refractivity (Wildman–Crippen MR) is 311 cm³/mol. The van der Waals surface area contributed by atoms with Gasteiger partial charge in [0.25, 0.3) is 5.91 Å². The summed E-state index contributed by atoms with van der Waals surface area (Å²) in [4.78, 5) is 165. The molecule has 0 radical (unpaired) electrons. The molecule has 11 N–H and O–H groups in total. The van der Waals surface area contributed by atoms with E-state index >= 15 is 4.79 Å². The van der Waals surface area contributed by atoms with Gasteiger partial charge in [-0.05, 0) is 130 Å². The SMILES string of the molecule is CC(C)C[C@H](NF)C(=O)N1CCC[C@H]1C(=O)N1CCC[C@H]1C(=O)N[C@@H](CSCC(=O)O)C(=O)N[C@@H](C)C(=O)N[C@@H](Cc1ccc(OC(C)(C)C)cc1)C(=O)N(C(=O)OC(C)(C)C)[C@@H](CCCCN)C(=O)NCC(=O)N[C@@H](CSCC(=O)O)C(=O)O. The Hall–Kier alpha value is -6.79. The second-order valence-electron chi connectivity index (χ2n) is 23.1. The topological polar surface area (TPSA) is 392 Å². The number of imide groups is 1. The van der Waals surface area contributed by atoms with Crippen molar-refractivity contribution in [2.24, 2.45) is 11.7 Å². The Labute approximate surface area is 502 Å². The summed E-state index contributed by atoms with van der Waals surface area (Å²) in [6.45, 7) is 14.4. The summed E-state index contributed by atoms with van der Waals surface area (Å²) in [5.41, 5.74) is 5.84. The van der Waals surface area contributed by atoms with Crippen molar-refractivity contribution in [3.05, 3.63) is 29.8 Å². The highest BCUT2D eigenvalue weighted by Gasteiger charge is 2.45. The molecular formula is C55H85FN10O17S2. The fraction of sp³-hybridized carbons (Fsp3) is 0.673. The van der Waals surface area contributed by atoms with Gasteiger partial charge in [0.15, 0.2) is 0 Å². The molecule has 9 amide bonds. The fourth-order valence-electron chi connectivity index (χ4n) is 9.20. The molecular weight excluding hydrogens is 1160 g/mol. The quantitative estimate of drug-likeness (QED) is 0.0350. The standard InChI is InChI=1S/C55H85FN10O17S2/c1-31(2)24-36(63-56)49(76)65-23-13-16-41(65)51(78)64-22-12-15-39(64)48(75)62-37(27-84-29-43(68)69)46(73)59-32(3)45(72)61-35(25-33-17-19-34(20-18-33)82-54(4,5)6)50(77)66(53(81)83-55(7,8)9)40(14-10-11-21-57)47(74)58-26-42(67)60-38(52(79)80)28-85-30-44(70)71/h17-20,31-32,35-41,63H,10-16,21-30,57H2,1-9H3,(H,58,74)(H,59,73)(H,60,67)(H,61,72)(H,62,75)(H,68,69)(H,70,71)(H,79,80)/t32-,35-,36-,37-,38-,39-,40-,41-/m0/s1. The largest absolute Gasteiger partial charge is 0.488 e. The first-order valence-electron chi connectivity index (χ1n) is 28.1. The molecule has 27 nitrogen and oxygen atoms in total. The van der Waals surface area contributed by atoms with Crippen LogP contribution in [-0.2, 0) is 63.9 Å². The third-order valence-electron chi connectivity index (χ3n) is 13.0. The number of carboxylic acid groups (broad SMARTS) is 3.